The maximum Gasteiger partial charge on any atom is 0.178 e. The van der Waals surface area contributed by atoms with E-state index in [1.807, 2.05) is 6.08 Å². The molecule has 1 heteroatoms. The van der Waals surface area contributed by atoms with E-state index in [2.05, 4.69) is 26.0 Å². The van der Waals surface area contributed by atoms with Crippen LogP contribution in [0, 0.1) is 10.8 Å². The molecular formula is C19H22O. The quantitative estimate of drug-likeness (QED) is 0.622. The Morgan fingerprint density at radius 1 is 1.10 bits per heavy atom. The standard InChI is InChI=1S/C19H22O/c1-18-9-3-4-16(18)15-6-5-13-12-14(20)7-11-19(13,2)17(15)8-10-18/h4,7,11-12H,3,5-6,8-10H2,1-2H3. The van der Waals surface area contributed by atoms with Crippen LogP contribution in [0.5, 0.6) is 0 Å². The monoisotopic (exact) mass is 266 g/mol. The summed E-state index contributed by atoms with van der Waals surface area (Å²) >= 11 is 0. The number of carbonyl (C=O) groups excluding carboxylic acids is 1. The molecule has 4 aliphatic rings. The van der Waals surface area contributed by atoms with Crippen LogP contribution in [-0.4, -0.2) is 5.78 Å². The van der Waals surface area contributed by atoms with Crippen LogP contribution < -0.4 is 0 Å². The van der Waals surface area contributed by atoms with Gasteiger partial charge in [0.05, 0.1) is 0 Å². The highest BCUT2D eigenvalue weighted by atomic mass is 16.1. The van der Waals surface area contributed by atoms with Gasteiger partial charge in [0.15, 0.2) is 5.78 Å². The summed E-state index contributed by atoms with van der Waals surface area (Å²) < 4.78 is 0. The molecule has 0 saturated carbocycles. The second kappa shape index (κ2) is 3.84. The molecule has 0 aromatic rings. The van der Waals surface area contributed by atoms with Crippen molar-refractivity contribution < 1.29 is 4.79 Å². The van der Waals surface area contributed by atoms with Crippen LogP contribution in [0.2, 0.25) is 0 Å². The zero-order valence-corrected chi connectivity index (χ0v) is 12.5. The third-order valence-corrected chi connectivity index (χ3v) is 6.15. The number of carbonyl (C=O) groups is 1. The molecule has 2 atom stereocenters. The van der Waals surface area contributed by atoms with Crippen molar-refractivity contribution in [1.29, 1.82) is 0 Å². The van der Waals surface area contributed by atoms with E-state index in [0.717, 1.165) is 12.8 Å². The average molecular weight is 266 g/mol. The van der Waals surface area contributed by atoms with E-state index in [0.29, 0.717) is 5.41 Å². The molecule has 0 radical (unpaired) electrons. The molecule has 0 spiro atoms. The van der Waals surface area contributed by atoms with Crippen LogP contribution in [0.4, 0.5) is 0 Å². The van der Waals surface area contributed by atoms with E-state index in [1.54, 1.807) is 22.8 Å². The smallest absolute Gasteiger partial charge is 0.178 e. The summed E-state index contributed by atoms with van der Waals surface area (Å²) in [4.78, 5) is 11.7. The fourth-order valence-corrected chi connectivity index (χ4v) is 4.85. The van der Waals surface area contributed by atoms with Crippen molar-refractivity contribution in [2.24, 2.45) is 10.8 Å². The highest BCUT2D eigenvalue weighted by Crippen LogP contribution is 2.59. The van der Waals surface area contributed by atoms with Gasteiger partial charge < -0.3 is 0 Å². The Labute approximate surface area is 121 Å². The molecule has 4 rings (SSSR count). The lowest BCUT2D eigenvalue weighted by Crippen LogP contribution is -2.34. The van der Waals surface area contributed by atoms with Gasteiger partial charge in [0.25, 0.3) is 0 Å². The molecule has 4 aliphatic carbocycles. The normalized spacial score (nSPS) is 39.0. The Balaban J connectivity index is 1.88. The molecule has 0 saturated heterocycles. The van der Waals surface area contributed by atoms with Gasteiger partial charge in [0, 0.05) is 5.41 Å². The molecule has 0 aromatic carbocycles. The number of hydrogen-bond acceptors (Lipinski definition) is 1. The molecule has 0 bridgehead atoms. The van der Waals surface area contributed by atoms with Crippen molar-refractivity contribution in [2.45, 2.75) is 52.4 Å². The highest BCUT2D eigenvalue weighted by Gasteiger charge is 2.45. The number of fused-ring (bicyclic) bond motifs is 4. The minimum atomic E-state index is 0.0201. The molecule has 2 unspecified atom stereocenters. The Bertz CT molecular complexity index is 628. The van der Waals surface area contributed by atoms with E-state index in [9.17, 15) is 4.79 Å². The van der Waals surface area contributed by atoms with Crippen LogP contribution in [-0.2, 0) is 4.79 Å². The summed E-state index contributed by atoms with van der Waals surface area (Å²) in [6, 6.07) is 0. The number of allylic oxidation sites excluding steroid dienone is 8. The predicted molar refractivity (Wildman–Crippen MR) is 81.3 cm³/mol. The van der Waals surface area contributed by atoms with Gasteiger partial charge in [-0.25, -0.2) is 0 Å². The first-order valence-corrected chi connectivity index (χ1v) is 7.91. The van der Waals surface area contributed by atoms with E-state index in [1.165, 1.54) is 31.3 Å². The Morgan fingerprint density at radius 2 is 1.95 bits per heavy atom. The van der Waals surface area contributed by atoms with E-state index >= 15 is 0 Å². The third kappa shape index (κ3) is 1.47. The molecule has 0 amide bonds. The lowest BCUT2D eigenvalue weighted by atomic mass is 9.57. The second-order valence-electron chi connectivity index (χ2n) is 7.28. The van der Waals surface area contributed by atoms with Crippen molar-refractivity contribution in [3.63, 3.8) is 0 Å². The van der Waals surface area contributed by atoms with E-state index in [4.69, 9.17) is 0 Å². The van der Waals surface area contributed by atoms with Gasteiger partial charge in [0.1, 0.15) is 0 Å². The zero-order valence-electron chi connectivity index (χ0n) is 12.5. The first kappa shape index (κ1) is 12.4. The van der Waals surface area contributed by atoms with Crippen LogP contribution in [0.1, 0.15) is 52.4 Å². The number of rotatable bonds is 0. The Hall–Kier alpha value is -1.37. The van der Waals surface area contributed by atoms with Gasteiger partial charge in [0.2, 0.25) is 0 Å². The first-order valence-electron chi connectivity index (χ1n) is 7.91. The predicted octanol–water partition coefficient (Wildman–Crippen LogP) is 4.67. The van der Waals surface area contributed by atoms with Gasteiger partial charge in [-0.15, -0.1) is 0 Å². The molecule has 0 aromatic heterocycles. The summed E-state index contributed by atoms with van der Waals surface area (Å²) in [6.07, 6.45) is 15.6. The van der Waals surface area contributed by atoms with Gasteiger partial charge in [-0.05, 0) is 74.2 Å². The molecule has 104 valence electrons. The van der Waals surface area contributed by atoms with Crippen LogP contribution in [0.15, 0.2) is 46.6 Å². The third-order valence-electron chi connectivity index (χ3n) is 6.15. The maximum absolute atomic E-state index is 11.7. The Kier molecular flexibility index (Phi) is 2.38. The molecule has 20 heavy (non-hydrogen) atoms. The van der Waals surface area contributed by atoms with Crippen LogP contribution >= 0.6 is 0 Å². The van der Waals surface area contributed by atoms with Crippen molar-refractivity contribution in [3.8, 4) is 0 Å². The lowest BCUT2D eigenvalue weighted by Gasteiger charge is -2.46. The van der Waals surface area contributed by atoms with Crippen LogP contribution in [0.25, 0.3) is 0 Å². The summed E-state index contributed by atoms with van der Waals surface area (Å²) in [5.74, 6) is 0.169. The van der Waals surface area contributed by atoms with Crippen molar-refractivity contribution >= 4 is 5.78 Å². The molecular weight excluding hydrogens is 244 g/mol. The fraction of sp³-hybridized carbons (Fsp3) is 0.526. The summed E-state index contributed by atoms with van der Waals surface area (Å²) in [5, 5.41) is 0. The van der Waals surface area contributed by atoms with Gasteiger partial charge in [-0.3, -0.25) is 4.79 Å². The van der Waals surface area contributed by atoms with Crippen LogP contribution in [0.3, 0.4) is 0 Å². The Morgan fingerprint density at radius 3 is 2.80 bits per heavy atom. The van der Waals surface area contributed by atoms with Gasteiger partial charge >= 0.3 is 0 Å². The van der Waals surface area contributed by atoms with Gasteiger partial charge in [-0.2, -0.15) is 0 Å². The minimum Gasteiger partial charge on any atom is -0.290 e. The van der Waals surface area contributed by atoms with Gasteiger partial charge in [-0.1, -0.05) is 30.2 Å². The molecule has 1 nitrogen and oxygen atoms in total. The first-order chi connectivity index (χ1) is 9.53. The SMILES string of the molecule is CC12CCC=C1C1=C(CC2)C2(C)C=CC(=O)C=C2CC1. The minimum absolute atomic E-state index is 0.0201. The van der Waals surface area contributed by atoms with Crippen molar-refractivity contribution in [1.82, 2.24) is 0 Å². The number of ketones is 1. The van der Waals surface area contributed by atoms with Crippen molar-refractivity contribution in [2.75, 3.05) is 0 Å². The molecule has 0 heterocycles. The molecule has 0 N–H and O–H groups in total. The zero-order chi connectivity index (χ0) is 14.0. The topological polar surface area (TPSA) is 17.1 Å². The lowest BCUT2D eigenvalue weighted by molar-refractivity contribution is -0.110. The van der Waals surface area contributed by atoms with E-state index < -0.39 is 0 Å². The summed E-state index contributed by atoms with van der Waals surface area (Å²) in [7, 11) is 0. The summed E-state index contributed by atoms with van der Waals surface area (Å²) in [5.41, 5.74) is 6.67. The summed E-state index contributed by atoms with van der Waals surface area (Å²) in [6.45, 7) is 4.76. The van der Waals surface area contributed by atoms with Crippen molar-refractivity contribution in [3.05, 3.63) is 46.6 Å². The molecule has 0 fully saturated rings. The highest BCUT2D eigenvalue weighted by molar-refractivity contribution is 6.01. The van der Waals surface area contributed by atoms with E-state index in [-0.39, 0.29) is 11.2 Å². The second-order valence-corrected chi connectivity index (χ2v) is 7.28. The molecule has 0 aliphatic heterocycles. The average Bonchev–Trinajstić information content (AvgIpc) is 2.81. The maximum atomic E-state index is 11.7. The number of hydrogen-bond donors (Lipinski definition) is 0. The largest absolute Gasteiger partial charge is 0.290 e. The fourth-order valence-electron chi connectivity index (χ4n) is 4.85.